The number of amides is 1. The van der Waals surface area contributed by atoms with Crippen LogP contribution in [0, 0.1) is 0 Å². The highest BCUT2D eigenvalue weighted by atomic mass is 16.2. The molecule has 0 unspecified atom stereocenters. The Morgan fingerprint density at radius 2 is 1.70 bits per heavy atom. The summed E-state index contributed by atoms with van der Waals surface area (Å²) in [7, 11) is 0. The molecule has 27 heavy (non-hydrogen) atoms. The molecule has 0 aliphatic rings. The summed E-state index contributed by atoms with van der Waals surface area (Å²) in [4.78, 5) is 20.3. The van der Waals surface area contributed by atoms with E-state index in [2.05, 4.69) is 32.8 Å². The number of carbonyl (C=O) groups is 1. The number of para-hydroxylation sites is 1. The van der Waals surface area contributed by atoms with Crippen LogP contribution in [0.2, 0.25) is 0 Å². The van der Waals surface area contributed by atoms with Crippen LogP contribution in [0.3, 0.4) is 0 Å². The number of benzene rings is 1. The van der Waals surface area contributed by atoms with Gasteiger partial charge in [-0.2, -0.15) is 5.10 Å². The third-order valence-electron chi connectivity index (χ3n) is 4.67. The molecule has 0 bridgehead atoms. The lowest BCUT2D eigenvalue weighted by atomic mass is 10.0. The van der Waals surface area contributed by atoms with Crippen molar-refractivity contribution in [3.05, 3.63) is 53.9 Å². The Morgan fingerprint density at radius 1 is 1.04 bits per heavy atom. The lowest BCUT2D eigenvalue weighted by Gasteiger charge is -2.27. The summed E-state index contributed by atoms with van der Waals surface area (Å²) in [5.74, 6) is 0.203. The van der Waals surface area contributed by atoms with E-state index in [1.165, 1.54) is 0 Å². The predicted octanol–water partition coefficient (Wildman–Crippen LogP) is 5.19. The molecule has 3 aromatic rings. The second-order valence-electron chi connectivity index (χ2n) is 7.77. The molecule has 2 aromatic heterocycles. The van der Waals surface area contributed by atoms with E-state index in [0.29, 0.717) is 5.56 Å². The molecule has 5 heteroatoms. The van der Waals surface area contributed by atoms with Gasteiger partial charge < -0.3 is 4.90 Å². The SMILES string of the molecule is CC(C)c1cc(C(=O)N(c2ccccc2)C(C)C)c2cnn(C(C)C)c2n1. The summed E-state index contributed by atoms with van der Waals surface area (Å²) in [5.41, 5.74) is 3.24. The van der Waals surface area contributed by atoms with Gasteiger partial charge in [0.25, 0.3) is 5.91 Å². The summed E-state index contributed by atoms with van der Waals surface area (Å²) in [6, 6.07) is 11.9. The minimum absolute atomic E-state index is 0.0196. The van der Waals surface area contributed by atoms with E-state index in [-0.39, 0.29) is 23.9 Å². The topological polar surface area (TPSA) is 51.0 Å². The number of carbonyl (C=O) groups excluding carboxylic acids is 1. The van der Waals surface area contributed by atoms with Crippen LogP contribution in [0.15, 0.2) is 42.6 Å². The molecule has 0 saturated carbocycles. The molecule has 2 heterocycles. The fourth-order valence-corrected chi connectivity index (χ4v) is 3.26. The van der Waals surface area contributed by atoms with Gasteiger partial charge in [-0.15, -0.1) is 0 Å². The molecule has 0 spiro atoms. The van der Waals surface area contributed by atoms with Crippen molar-refractivity contribution in [1.82, 2.24) is 14.8 Å². The Kier molecular flexibility index (Phi) is 5.31. The Balaban J connectivity index is 2.21. The molecular weight excluding hydrogens is 336 g/mol. The zero-order chi connectivity index (χ0) is 19.7. The van der Waals surface area contributed by atoms with Gasteiger partial charge in [0.2, 0.25) is 0 Å². The fraction of sp³-hybridized carbons (Fsp3) is 0.409. The normalized spacial score (nSPS) is 11.7. The van der Waals surface area contributed by atoms with Crippen LogP contribution in [0.4, 0.5) is 5.69 Å². The van der Waals surface area contributed by atoms with E-state index in [1.807, 2.05) is 59.8 Å². The van der Waals surface area contributed by atoms with E-state index < -0.39 is 0 Å². The molecule has 0 radical (unpaired) electrons. The highest BCUT2D eigenvalue weighted by Crippen LogP contribution is 2.28. The molecule has 1 amide bonds. The van der Waals surface area contributed by atoms with Crippen LogP contribution in [-0.4, -0.2) is 26.7 Å². The van der Waals surface area contributed by atoms with Crippen LogP contribution in [0.5, 0.6) is 0 Å². The summed E-state index contributed by atoms with van der Waals surface area (Å²) < 4.78 is 1.89. The van der Waals surface area contributed by atoms with E-state index in [4.69, 9.17) is 4.98 Å². The van der Waals surface area contributed by atoms with Crippen molar-refractivity contribution in [2.45, 2.75) is 59.5 Å². The van der Waals surface area contributed by atoms with Gasteiger partial charge in [-0.3, -0.25) is 4.79 Å². The zero-order valence-electron chi connectivity index (χ0n) is 17.0. The minimum atomic E-state index is -0.0196. The lowest BCUT2D eigenvalue weighted by Crippen LogP contribution is -2.37. The molecule has 1 aromatic carbocycles. The third-order valence-corrected chi connectivity index (χ3v) is 4.67. The molecule has 5 nitrogen and oxygen atoms in total. The highest BCUT2D eigenvalue weighted by molar-refractivity contribution is 6.13. The van der Waals surface area contributed by atoms with Crippen molar-refractivity contribution >= 4 is 22.6 Å². The molecule has 3 rings (SSSR count). The third kappa shape index (κ3) is 3.59. The molecular formula is C22H28N4O. The summed E-state index contributed by atoms with van der Waals surface area (Å²) in [5, 5.41) is 5.30. The molecule has 0 aliphatic carbocycles. The number of anilines is 1. The first-order valence-corrected chi connectivity index (χ1v) is 9.58. The Labute approximate surface area is 161 Å². The number of nitrogens with zero attached hydrogens (tertiary/aromatic N) is 4. The maximum absolute atomic E-state index is 13.6. The number of hydrogen-bond donors (Lipinski definition) is 0. The van der Waals surface area contributed by atoms with Crippen LogP contribution >= 0.6 is 0 Å². The Bertz CT molecular complexity index is 942. The number of rotatable bonds is 5. The van der Waals surface area contributed by atoms with Gasteiger partial charge >= 0.3 is 0 Å². The van der Waals surface area contributed by atoms with E-state index in [0.717, 1.165) is 22.4 Å². The van der Waals surface area contributed by atoms with Crippen molar-refractivity contribution in [3.8, 4) is 0 Å². The van der Waals surface area contributed by atoms with Gasteiger partial charge in [0.1, 0.15) is 0 Å². The van der Waals surface area contributed by atoms with Crippen molar-refractivity contribution in [2.24, 2.45) is 0 Å². The number of hydrogen-bond acceptors (Lipinski definition) is 3. The molecule has 0 fully saturated rings. The Morgan fingerprint density at radius 3 is 2.26 bits per heavy atom. The van der Waals surface area contributed by atoms with Crippen LogP contribution in [0.1, 0.15) is 69.6 Å². The summed E-state index contributed by atoms with van der Waals surface area (Å²) in [6.07, 6.45) is 1.77. The Hall–Kier alpha value is -2.69. The minimum Gasteiger partial charge on any atom is -0.306 e. The maximum atomic E-state index is 13.6. The molecule has 0 atom stereocenters. The smallest absolute Gasteiger partial charge is 0.259 e. The maximum Gasteiger partial charge on any atom is 0.259 e. The van der Waals surface area contributed by atoms with Crippen molar-refractivity contribution in [3.63, 3.8) is 0 Å². The molecule has 142 valence electrons. The first-order chi connectivity index (χ1) is 12.8. The zero-order valence-corrected chi connectivity index (χ0v) is 17.0. The predicted molar refractivity (Wildman–Crippen MR) is 110 cm³/mol. The quantitative estimate of drug-likeness (QED) is 0.626. The van der Waals surface area contributed by atoms with Crippen molar-refractivity contribution < 1.29 is 4.79 Å². The molecule has 0 N–H and O–H groups in total. The average molecular weight is 364 g/mol. The highest BCUT2D eigenvalue weighted by Gasteiger charge is 2.25. The number of pyridine rings is 1. The number of aromatic nitrogens is 3. The fourth-order valence-electron chi connectivity index (χ4n) is 3.26. The standard InChI is InChI=1S/C22H28N4O/c1-14(2)20-12-18(19-13-23-26(16(5)6)21(19)24-20)22(27)25(15(3)4)17-10-8-7-9-11-17/h7-16H,1-6H3. The van der Waals surface area contributed by atoms with E-state index >= 15 is 0 Å². The monoisotopic (exact) mass is 364 g/mol. The molecule has 0 aliphatic heterocycles. The van der Waals surface area contributed by atoms with Crippen molar-refractivity contribution in [2.75, 3.05) is 4.90 Å². The van der Waals surface area contributed by atoms with Gasteiger partial charge in [-0.1, -0.05) is 32.0 Å². The average Bonchev–Trinajstić information content (AvgIpc) is 3.05. The van der Waals surface area contributed by atoms with Gasteiger partial charge in [0, 0.05) is 23.5 Å². The van der Waals surface area contributed by atoms with E-state index in [1.54, 1.807) is 6.20 Å². The largest absolute Gasteiger partial charge is 0.306 e. The van der Waals surface area contributed by atoms with Crippen LogP contribution in [0.25, 0.3) is 11.0 Å². The van der Waals surface area contributed by atoms with Gasteiger partial charge in [0.15, 0.2) is 5.65 Å². The van der Waals surface area contributed by atoms with Crippen LogP contribution in [-0.2, 0) is 0 Å². The first-order valence-electron chi connectivity index (χ1n) is 9.58. The van der Waals surface area contributed by atoms with E-state index in [9.17, 15) is 4.79 Å². The van der Waals surface area contributed by atoms with Gasteiger partial charge in [-0.05, 0) is 51.8 Å². The molecule has 0 saturated heterocycles. The van der Waals surface area contributed by atoms with Gasteiger partial charge in [-0.25, -0.2) is 9.67 Å². The second-order valence-corrected chi connectivity index (χ2v) is 7.77. The lowest BCUT2D eigenvalue weighted by molar-refractivity contribution is 0.0981. The summed E-state index contributed by atoms with van der Waals surface area (Å²) >= 11 is 0. The van der Waals surface area contributed by atoms with Crippen molar-refractivity contribution in [1.29, 1.82) is 0 Å². The second kappa shape index (κ2) is 7.51. The van der Waals surface area contributed by atoms with Gasteiger partial charge in [0.05, 0.1) is 17.1 Å². The van der Waals surface area contributed by atoms with Crippen LogP contribution < -0.4 is 4.90 Å². The first kappa shape index (κ1) is 19.1. The summed E-state index contributed by atoms with van der Waals surface area (Å²) in [6.45, 7) is 12.4. The number of fused-ring (bicyclic) bond motifs is 1.